The minimum atomic E-state index is 0.396. The van der Waals surface area contributed by atoms with Crippen molar-refractivity contribution in [3.63, 3.8) is 0 Å². The Morgan fingerprint density at radius 2 is 2.06 bits per heavy atom. The van der Waals surface area contributed by atoms with Gasteiger partial charge >= 0.3 is 0 Å². The third-order valence-corrected chi connectivity index (χ3v) is 3.59. The van der Waals surface area contributed by atoms with Crippen molar-refractivity contribution in [1.82, 2.24) is 10.2 Å². The Labute approximate surface area is 109 Å². The molecule has 1 heterocycles. The monoisotopic (exact) mass is 243 g/mol. The summed E-state index contributed by atoms with van der Waals surface area (Å²) >= 11 is 0. The van der Waals surface area contributed by atoms with Gasteiger partial charge in [-0.1, -0.05) is 31.5 Å². The van der Waals surface area contributed by atoms with Crippen LogP contribution in [0.25, 0.3) is 0 Å². The SMILES string of the molecule is CCC[C@@H](c1ccccc1C#N)N1CCNCC1. The van der Waals surface area contributed by atoms with Crippen molar-refractivity contribution in [1.29, 1.82) is 5.26 Å². The summed E-state index contributed by atoms with van der Waals surface area (Å²) in [6.45, 7) is 6.46. The molecule has 1 atom stereocenters. The van der Waals surface area contributed by atoms with E-state index in [0.717, 1.165) is 44.6 Å². The van der Waals surface area contributed by atoms with E-state index >= 15 is 0 Å². The lowest BCUT2D eigenvalue weighted by Gasteiger charge is -2.35. The van der Waals surface area contributed by atoms with Crippen LogP contribution in [-0.4, -0.2) is 31.1 Å². The first-order chi connectivity index (χ1) is 8.86. The molecule has 0 unspecified atom stereocenters. The fraction of sp³-hybridized carbons (Fsp3) is 0.533. The molecule has 3 heteroatoms. The fourth-order valence-electron chi connectivity index (χ4n) is 2.69. The highest BCUT2D eigenvalue weighted by Crippen LogP contribution is 2.28. The smallest absolute Gasteiger partial charge is 0.0995 e. The van der Waals surface area contributed by atoms with Gasteiger partial charge in [0.2, 0.25) is 0 Å². The number of benzene rings is 1. The van der Waals surface area contributed by atoms with Crippen LogP contribution in [0.4, 0.5) is 0 Å². The van der Waals surface area contributed by atoms with Gasteiger partial charge in [-0.3, -0.25) is 4.90 Å². The Balaban J connectivity index is 2.25. The number of hydrogen-bond acceptors (Lipinski definition) is 3. The van der Waals surface area contributed by atoms with Crippen LogP contribution in [-0.2, 0) is 0 Å². The van der Waals surface area contributed by atoms with E-state index in [1.165, 1.54) is 5.56 Å². The van der Waals surface area contributed by atoms with Crippen LogP contribution in [0.5, 0.6) is 0 Å². The summed E-state index contributed by atoms with van der Waals surface area (Å²) in [6.07, 6.45) is 2.27. The van der Waals surface area contributed by atoms with Crippen LogP contribution < -0.4 is 5.32 Å². The van der Waals surface area contributed by atoms with Crippen LogP contribution in [0.15, 0.2) is 24.3 Å². The van der Waals surface area contributed by atoms with E-state index in [2.05, 4.69) is 29.3 Å². The molecule has 3 nitrogen and oxygen atoms in total. The summed E-state index contributed by atoms with van der Waals surface area (Å²) in [5, 5.41) is 12.6. The molecule has 1 fully saturated rings. The molecule has 1 saturated heterocycles. The maximum Gasteiger partial charge on any atom is 0.0995 e. The van der Waals surface area contributed by atoms with Gasteiger partial charge in [-0.15, -0.1) is 0 Å². The number of nitriles is 1. The Bertz CT molecular complexity index is 416. The highest BCUT2D eigenvalue weighted by atomic mass is 15.2. The molecule has 0 saturated carbocycles. The lowest BCUT2D eigenvalue weighted by atomic mass is 9.95. The maximum absolute atomic E-state index is 9.25. The van der Waals surface area contributed by atoms with Crippen molar-refractivity contribution in [2.24, 2.45) is 0 Å². The highest BCUT2D eigenvalue weighted by Gasteiger charge is 2.23. The van der Waals surface area contributed by atoms with Crippen molar-refractivity contribution in [3.05, 3.63) is 35.4 Å². The Morgan fingerprint density at radius 1 is 1.33 bits per heavy atom. The summed E-state index contributed by atoms with van der Waals surface area (Å²) in [6, 6.07) is 10.8. The molecule has 0 spiro atoms. The quantitative estimate of drug-likeness (QED) is 0.882. The molecule has 96 valence electrons. The van der Waals surface area contributed by atoms with Gasteiger partial charge in [0.1, 0.15) is 0 Å². The van der Waals surface area contributed by atoms with E-state index in [-0.39, 0.29) is 0 Å². The average molecular weight is 243 g/mol. The third-order valence-electron chi connectivity index (χ3n) is 3.59. The summed E-state index contributed by atoms with van der Waals surface area (Å²) in [5.41, 5.74) is 2.03. The summed E-state index contributed by atoms with van der Waals surface area (Å²) in [4.78, 5) is 2.51. The highest BCUT2D eigenvalue weighted by molar-refractivity contribution is 5.39. The van der Waals surface area contributed by atoms with E-state index < -0.39 is 0 Å². The lowest BCUT2D eigenvalue weighted by molar-refractivity contribution is 0.164. The number of nitrogens with zero attached hydrogens (tertiary/aromatic N) is 2. The molecule has 1 aromatic rings. The zero-order chi connectivity index (χ0) is 12.8. The molecule has 1 aromatic carbocycles. The number of rotatable bonds is 4. The minimum absolute atomic E-state index is 0.396. The lowest BCUT2D eigenvalue weighted by Crippen LogP contribution is -2.45. The van der Waals surface area contributed by atoms with Crippen molar-refractivity contribution in [3.8, 4) is 6.07 Å². The first-order valence-corrected chi connectivity index (χ1v) is 6.80. The molecule has 1 N–H and O–H groups in total. The van der Waals surface area contributed by atoms with Gasteiger partial charge in [0.25, 0.3) is 0 Å². The Kier molecular flexibility index (Phi) is 4.74. The second kappa shape index (κ2) is 6.53. The van der Waals surface area contributed by atoms with Gasteiger partial charge in [-0.25, -0.2) is 0 Å². The van der Waals surface area contributed by atoms with E-state index in [4.69, 9.17) is 0 Å². The zero-order valence-corrected chi connectivity index (χ0v) is 11.0. The normalized spacial score (nSPS) is 18.2. The maximum atomic E-state index is 9.25. The van der Waals surface area contributed by atoms with Crippen LogP contribution in [0.3, 0.4) is 0 Å². The predicted octanol–water partition coefficient (Wildman–Crippen LogP) is 2.30. The topological polar surface area (TPSA) is 39.1 Å². The minimum Gasteiger partial charge on any atom is -0.314 e. The molecule has 18 heavy (non-hydrogen) atoms. The second-order valence-corrected chi connectivity index (χ2v) is 4.79. The van der Waals surface area contributed by atoms with Crippen LogP contribution in [0, 0.1) is 11.3 Å². The molecule has 0 bridgehead atoms. The molecule has 1 aliphatic heterocycles. The van der Waals surface area contributed by atoms with E-state index in [0.29, 0.717) is 6.04 Å². The van der Waals surface area contributed by atoms with E-state index in [9.17, 15) is 5.26 Å². The van der Waals surface area contributed by atoms with Gasteiger partial charge in [0.05, 0.1) is 11.6 Å². The molecule has 0 aliphatic carbocycles. The predicted molar refractivity (Wildman–Crippen MR) is 73.2 cm³/mol. The summed E-state index contributed by atoms with van der Waals surface area (Å²) in [7, 11) is 0. The summed E-state index contributed by atoms with van der Waals surface area (Å²) in [5.74, 6) is 0. The molecule has 0 radical (unpaired) electrons. The van der Waals surface area contributed by atoms with Gasteiger partial charge in [-0.05, 0) is 18.1 Å². The average Bonchev–Trinajstić information content (AvgIpc) is 2.46. The van der Waals surface area contributed by atoms with Crippen molar-refractivity contribution in [2.75, 3.05) is 26.2 Å². The van der Waals surface area contributed by atoms with Crippen molar-refractivity contribution < 1.29 is 0 Å². The van der Waals surface area contributed by atoms with Gasteiger partial charge < -0.3 is 5.32 Å². The third kappa shape index (κ3) is 2.90. The van der Waals surface area contributed by atoms with Crippen molar-refractivity contribution in [2.45, 2.75) is 25.8 Å². The van der Waals surface area contributed by atoms with E-state index in [1.54, 1.807) is 0 Å². The van der Waals surface area contributed by atoms with Gasteiger partial charge in [0.15, 0.2) is 0 Å². The largest absolute Gasteiger partial charge is 0.314 e. The van der Waals surface area contributed by atoms with Crippen molar-refractivity contribution >= 4 is 0 Å². The molecule has 1 aliphatic rings. The van der Waals surface area contributed by atoms with Crippen LogP contribution in [0.2, 0.25) is 0 Å². The van der Waals surface area contributed by atoms with Gasteiger partial charge in [0, 0.05) is 32.2 Å². The standard InChI is InChI=1S/C15H21N3/c1-2-5-15(18-10-8-17-9-11-18)14-7-4-3-6-13(14)12-16/h3-4,6-7,15,17H,2,5,8-11H2,1H3/t15-/m0/s1. The van der Waals surface area contributed by atoms with E-state index in [1.807, 2.05) is 18.2 Å². The molecule has 0 aromatic heterocycles. The Hall–Kier alpha value is -1.37. The zero-order valence-electron chi connectivity index (χ0n) is 11.0. The number of hydrogen-bond donors (Lipinski definition) is 1. The molecular formula is C15H21N3. The van der Waals surface area contributed by atoms with Crippen LogP contribution >= 0.6 is 0 Å². The number of piperazine rings is 1. The molecule has 0 amide bonds. The second-order valence-electron chi connectivity index (χ2n) is 4.79. The number of nitrogens with one attached hydrogen (secondary N) is 1. The molecular weight excluding hydrogens is 222 g/mol. The van der Waals surface area contributed by atoms with Crippen LogP contribution in [0.1, 0.15) is 36.9 Å². The Morgan fingerprint density at radius 3 is 2.72 bits per heavy atom. The van der Waals surface area contributed by atoms with Gasteiger partial charge in [-0.2, -0.15) is 5.26 Å². The first-order valence-electron chi connectivity index (χ1n) is 6.80. The molecule has 2 rings (SSSR count). The summed E-state index contributed by atoms with van der Waals surface area (Å²) < 4.78 is 0. The fourth-order valence-corrected chi connectivity index (χ4v) is 2.69. The first kappa shape index (κ1) is 13.1.